The van der Waals surface area contributed by atoms with Crippen LogP contribution in [0.4, 0.5) is 0 Å². The largest absolute Gasteiger partial charge is 0.448 e. The normalized spacial score (nSPS) is 12.0. The number of hydrogen-bond acceptors (Lipinski definition) is 5. The highest BCUT2D eigenvalue weighted by molar-refractivity contribution is 7.20. The molecule has 0 fully saturated rings. The maximum Gasteiger partial charge on any atom is 0.349 e. The zero-order chi connectivity index (χ0) is 16.2. The van der Waals surface area contributed by atoms with Gasteiger partial charge in [0.1, 0.15) is 4.88 Å². The van der Waals surface area contributed by atoms with Crippen LogP contribution in [0.5, 0.6) is 0 Å². The summed E-state index contributed by atoms with van der Waals surface area (Å²) in [5.74, 6) is -0.766. The summed E-state index contributed by atoms with van der Waals surface area (Å²) in [7, 11) is 0. The monoisotopic (exact) mass is 345 g/mol. The Morgan fingerprint density at radius 3 is 2.78 bits per heavy atom. The fourth-order valence-corrected chi connectivity index (χ4v) is 3.68. The molecule has 23 heavy (non-hydrogen) atoms. The maximum atomic E-state index is 12.2. The highest BCUT2D eigenvalue weighted by atomic mass is 32.1. The van der Waals surface area contributed by atoms with E-state index >= 15 is 0 Å². The van der Waals surface area contributed by atoms with Crippen LogP contribution in [0.2, 0.25) is 0 Å². The molecule has 3 aromatic rings. The molecule has 0 saturated heterocycles. The summed E-state index contributed by atoms with van der Waals surface area (Å²) < 4.78 is 6.28. The van der Waals surface area contributed by atoms with Crippen molar-refractivity contribution in [1.82, 2.24) is 5.32 Å². The van der Waals surface area contributed by atoms with Gasteiger partial charge in [-0.1, -0.05) is 24.3 Å². The van der Waals surface area contributed by atoms with E-state index < -0.39 is 12.1 Å². The Bertz CT molecular complexity index is 790. The van der Waals surface area contributed by atoms with Crippen LogP contribution in [0.3, 0.4) is 0 Å². The molecule has 0 aliphatic carbocycles. The first-order chi connectivity index (χ1) is 11.1. The number of carbonyl (C=O) groups is 2. The molecule has 2 aromatic heterocycles. The molecule has 1 aromatic carbocycles. The van der Waals surface area contributed by atoms with Gasteiger partial charge in [0.05, 0.1) is 6.54 Å². The molecule has 3 rings (SSSR count). The van der Waals surface area contributed by atoms with Crippen molar-refractivity contribution in [3.63, 3.8) is 0 Å². The average Bonchev–Trinajstić information content (AvgIpc) is 3.21. The van der Waals surface area contributed by atoms with Crippen LogP contribution in [-0.2, 0) is 16.1 Å². The Kier molecular flexibility index (Phi) is 4.73. The standard InChI is InChI=1S/C17H15NO3S2/c1-11(16(19)18-10-13-6-4-8-22-13)21-17(20)15-9-12-5-2-3-7-14(12)23-15/h2-9,11H,10H2,1H3,(H,18,19)/t11-/m1/s1. The lowest BCUT2D eigenvalue weighted by Gasteiger charge is -2.12. The van der Waals surface area contributed by atoms with Crippen molar-refractivity contribution >= 4 is 44.6 Å². The van der Waals surface area contributed by atoms with Crippen LogP contribution < -0.4 is 5.32 Å². The third-order valence-electron chi connectivity index (χ3n) is 3.30. The number of esters is 1. The van der Waals surface area contributed by atoms with E-state index in [-0.39, 0.29) is 5.91 Å². The van der Waals surface area contributed by atoms with Crippen molar-refractivity contribution in [2.75, 3.05) is 0 Å². The first kappa shape index (κ1) is 15.7. The fraction of sp³-hybridized carbons (Fsp3) is 0.176. The lowest BCUT2D eigenvalue weighted by atomic mass is 10.2. The van der Waals surface area contributed by atoms with E-state index in [2.05, 4.69) is 5.32 Å². The fourth-order valence-electron chi connectivity index (χ4n) is 2.09. The van der Waals surface area contributed by atoms with E-state index in [0.29, 0.717) is 11.4 Å². The highest BCUT2D eigenvalue weighted by Gasteiger charge is 2.20. The number of benzene rings is 1. The van der Waals surface area contributed by atoms with Crippen molar-refractivity contribution in [3.05, 3.63) is 57.6 Å². The third-order valence-corrected chi connectivity index (χ3v) is 5.27. The molecule has 0 radical (unpaired) electrons. The van der Waals surface area contributed by atoms with Crippen LogP contribution in [-0.4, -0.2) is 18.0 Å². The molecule has 0 spiro atoms. The summed E-state index contributed by atoms with van der Waals surface area (Å²) in [6.45, 7) is 2.02. The maximum absolute atomic E-state index is 12.2. The highest BCUT2D eigenvalue weighted by Crippen LogP contribution is 2.26. The number of nitrogens with one attached hydrogen (secondary N) is 1. The van der Waals surface area contributed by atoms with E-state index in [1.165, 1.54) is 11.3 Å². The van der Waals surface area contributed by atoms with E-state index in [1.54, 1.807) is 24.3 Å². The molecule has 1 amide bonds. The van der Waals surface area contributed by atoms with Gasteiger partial charge in [-0.3, -0.25) is 4.79 Å². The summed E-state index contributed by atoms with van der Waals surface area (Å²) in [5.41, 5.74) is 0. The van der Waals surface area contributed by atoms with Gasteiger partial charge in [0.15, 0.2) is 6.10 Å². The molecule has 0 aliphatic heterocycles. The minimum atomic E-state index is -0.826. The van der Waals surface area contributed by atoms with E-state index in [1.807, 2.05) is 41.8 Å². The molecule has 0 bridgehead atoms. The van der Waals surface area contributed by atoms with Crippen molar-refractivity contribution in [3.8, 4) is 0 Å². The summed E-state index contributed by atoms with van der Waals surface area (Å²) in [6.07, 6.45) is -0.826. The Balaban J connectivity index is 1.58. The second-order valence-electron chi connectivity index (χ2n) is 4.99. The Morgan fingerprint density at radius 1 is 1.22 bits per heavy atom. The number of thiophene rings is 2. The van der Waals surface area contributed by atoms with Crippen molar-refractivity contribution in [2.45, 2.75) is 19.6 Å². The average molecular weight is 345 g/mol. The van der Waals surface area contributed by atoms with Gasteiger partial charge in [0.2, 0.25) is 0 Å². The number of amides is 1. The summed E-state index contributed by atoms with van der Waals surface area (Å²) in [6, 6.07) is 13.4. The zero-order valence-electron chi connectivity index (χ0n) is 12.4. The third kappa shape index (κ3) is 3.78. The summed E-state index contributed by atoms with van der Waals surface area (Å²) in [4.78, 5) is 25.7. The second-order valence-corrected chi connectivity index (χ2v) is 7.11. The second kappa shape index (κ2) is 6.93. The molecule has 2 heterocycles. The molecule has 4 nitrogen and oxygen atoms in total. The minimum absolute atomic E-state index is 0.298. The van der Waals surface area contributed by atoms with Crippen LogP contribution in [0, 0.1) is 0 Å². The first-order valence-electron chi connectivity index (χ1n) is 7.13. The van der Waals surface area contributed by atoms with Crippen LogP contribution in [0.1, 0.15) is 21.5 Å². The Labute approximate surface area is 141 Å². The molecule has 0 aliphatic rings. The number of fused-ring (bicyclic) bond motifs is 1. The molecule has 1 atom stereocenters. The summed E-state index contributed by atoms with van der Waals surface area (Å²) in [5, 5.41) is 5.72. The van der Waals surface area contributed by atoms with Crippen molar-refractivity contribution in [1.29, 1.82) is 0 Å². The number of rotatable bonds is 5. The number of hydrogen-bond donors (Lipinski definition) is 1. The van der Waals surface area contributed by atoms with E-state index in [4.69, 9.17) is 4.74 Å². The molecule has 0 unspecified atom stereocenters. The van der Waals surface area contributed by atoms with Gasteiger partial charge in [0.25, 0.3) is 5.91 Å². The minimum Gasteiger partial charge on any atom is -0.448 e. The van der Waals surface area contributed by atoms with E-state index in [0.717, 1.165) is 15.0 Å². The van der Waals surface area contributed by atoms with Gasteiger partial charge >= 0.3 is 5.97 Å². The van der Waals surface area contributed by atoms with Gasteiger partial charge in [-0.05, 0) is 35.9 Å². The zero-order valence-corrected chi connectivity index (χ0v) is 14.1. The van der Waals surface area contributed by atoms with Gasteiger partial charge in [-0.25, -0.2) is 4.79 Å². The Morgan fingerprint density at radius 2 is 2.04 bits per heavy atom. The van der Waals surface area contributed by atoms with Gasteiger partial charge < -0.3 is 10.1 Å². The SMILES string of the molecule is C[C@@H](OC(=O)c1cc2ccccc2s1)C(=O)NCc1cccs1. The first-order valence-corrected chi connectivity index (χ1v) is 8.83. The van der Waals surface area contributed by atoms with Crippen LogP contribution >= 0.6 is 22.7 Å². The van der Waals surface area contributed by atoms with Crippen molar-refractivity contribution in [2.24, 2.45) is 0 Å². The lowest BCUT2D eigenvalue weighted by molar-refractivity contribution is -0.129. The lowest BCUT2D eigenvalue weighted by Crippen LogP contribution is -2.35. The van der Waals surface area contributed by atoms with Gasteiger partial charge in [0, 0.05) is 9.58 Å². The van der Waals surface area contributed by atoms with Crippen LogP contribution in [0.15, 0.2) is 47.8 Å². The molecular weight excluding hydrogens is 330 g/mol. The number of carbonyl (C=O) groups excluding carboxylic acids is 2. The molecular formula is C17H15NO3S2. The molecule has 0 saturated carbocycles. The van der Waals surface area contributed by atoms with Crippen LogP contribution in [0.25, 0.3) is 10.1 Å². The van der Waals surface area contributed by atoms with Gasteiger partial charge in [-0.15, -0.1) is 22.7 Å². The topological polar surface area (TPSA) is 55.4 Å². The van der Waals surface area contributed by atoms with Gasteiger partial charge in [-0.2, -0.15) is 0 Å². The predicted molar refractivity (Wildman–Crippen MR) is 92.9 cm³/mol. The Hall–Kier alpha value is -2.18. The quantitative estimate of drug-likeness (QED) is 0.715. The number of ether oxygens (including phenoxy) is 1. The molecule has 118 valence electrons. The predicted octanol–water partition coefficient (Wildman–Crippen LogP) is 3.82. The van der Waals surface area contributed by atoms with Crippen molar-refractivity contribution < 1.29 is 14.3 Å². The molecule has 6 heteroatoms. The van der Waals surface area contributed by atoms with E-state index in [9.17, 15) is 9.59 Å². The molecule has 1 N–H and O–H groups in total. The smallest absolute Gasteiger partial charge is 0.349 e. The summed E-state index contributed by atoms with van der Waals surface area (Å²) >= 11 is 2.93.